The molecule has 1 aliphatic heterocycles. The van der Waals surface area contributed by atoms with Crippen LogP contribution in [0.1, 0.15) is 41.5 Å². The molecule has 0 atom stereocenters. The average molecular weight is 243 g/mol. The van der Waals surface area contributed by atoms with Crippen molar-refractivity contribution in [2.24, 2.45) is 0 Å². The Morgan fingerprint density at radius 1 is 0.769 bits per heavy atom. The van der Waals surface area contributed by atoms with E-state index in [4.69, 9.17) is 0 Å². The van der Waals surface area contributed by atoms with E-state index in [0.717, 1.165) is 0 Å². The molecule has 1 aliphatic rings. The van der Waals surface area contributed by atoms with Crippen molar-refractivity contribution in [1.82, 2.24) is 7.71 Å². The van der Waals surface area contributed by atoms with Crippen LogP contribution in [0.3, 0.4) is 0 Å². The van der Waals surface area contributed by atoms with Crippen LogP contribution in [-0.4, -0.2) is 34.7 Å². The van der Waals surface area contributed by atoms with Crippen LogP contribution in [0.4, 0.5) is 0 Å². The molecule has 1 rings (SSSR count). The van der Waals surface area contributed by atoms with Crippen molar-refractivity contribution in [1.29, 1.82) is 0 Å². The quantitative estimate of drug-likeness (QED) is 0.597. The molecule has 0 aromatic heterocycles. The average Bonchev–Trinajstić information content (AvgIpc) is 2.28. The number of hydrogen-bond donors (Lipinski definition) is 0. The molecule has 76 valence electrons. The number of rotatable bonds is 0. The molecular weight excluding hydrogens is 221 g/mol. The summed E-state index contributed by atoms with van der Waals surface area (Å²) in [6, 6.07) is 0. The fourth-order valence-electron chi connectivity index (χ4n) is 1.29. The molecular formula is C10H22GeN2. The zero-order valence-electron chi connectivity index (χ0n) is 9.76. The molecule has 0 saturated heterocycles. The van der Waals surface area contributed by atoms with Crippen LogP contribution in [0.25, 0.3) is 0 Å². The zero-order valence-corrected chi connectivity index (χ0v) is 12.7. The summed E-state index contributed by atoms with van der Waals surface area (Å²) in [5.41, 5.74) is 0.632. The maximum atomic E-state index is 2.55. The maximum absolute atomic E-state index is 2.55. The molecule has 13 heavy (non-hydrogen) atoms. The predicted octanol–water partition coefficient (Wildman–Crippen LogP) is 1.67. The first-order chi connectivity index (χ1) is 5.71. The van der Waals surface area contributed by atoms with E-state index in [1.807, 2.05) is 0 Å². The van der Waals surface area contributed by atoms with Crippen molar-refractivity contribution in [2.45, 2.75) is 52.6 Å². The van der Waals surface area contributed by atoms with E-state index in [9.17, 15) is 0 Å². The molecule has 0 bridgehead atoms. The van der Waals surface area contributed by atoms with Gasteiger partial charge < -0.3 is 0 Å². The summed E-state index contributed by atoms with van der Waals surface area (Å²) in [5, 5.41) is 0. The second-order valence-electron chi connectivity index (χ2n) is 5.72. The molecule has 1 heterocycles. The van der Waals surface area contributed by atoms with Gasteiger partial charge in [-0.3, -0.25) is 0 Å². The van der Waals surface area contributed by atoms with Crippen LogP contribution in [0.5, 0.6) is 0 Å². The number of nitrogens with zero attached hydrogens (tertiary/aromatic N) is 2. The third-order valence-corrected chi connectivity index (χ3v) is 8.60. The Morgan fingerprint density at radius 2 is 1.08 bits per heavy atom. The fraction of sp³-hybridized carbons (Fsp3) is 0.800. The van der Waals surface area contributed by atoms with Crippen molar-refractivity contribution in [3.63, 3.8) is 0 Å². The Kier molecular flexibility index (Phi) is 2.72. The molecule has 0 N–H and O–H groups in total. The summed E-state index contributed by atoms with van der Waals surface area (Å²) in [6.45, 7) is 13.7. The normalized spacial score (nSPS) is 18.6. The molecule has 0 aliphatic carbocycles. The van der Waals surface area contributed by atoms with E-state index in [2.05, 4.69) is 61.7 Å². The van der Waals surface area contributed by atoms with E-state index >= 15 is 0 Å². The van der Waals surface area contributed by atoms with E-state index < -0.39 is 15.9 Å². The summed E-state index contributed by atoms with van der Waals surface area (Å²) in [6.07, 6.45) is 4.54. The molecule has 0 amide bonds. The van der Waals surface area contributed by atoms with Crippen molar-refractivity contribution in [3.8, 4) is 0 Å². The third-order valence-electron chi connectivity index (χ3n) is 2.45. The summed E-state index contributed by atoms with van der Waals surface area (Å²) in [7, 11) is 0. The molecule has 2 nitrogen and oxygen atoms in total. The third kappa shape index (κ3) is 2.66. The molecule has 0 saturated carbocycles. The van der Waals surface area contributed by atoms with E-state index in [1.54, 1.807) is 0 Å². The molecule has 0 unspecified atom stereocenters. The van der Waals surface area contributed by atoms with Crippen molar-refractivity contribution in [3.05, 3.63) is 12.4 Å². The summed E-state index contributed by atoms with van der Waals surface area (Å²) in [4.78, 5) is 0. The van der Waals surface area contributed by atoms with Crippen molar-refractivity contribution in [2.75, 3.05) is 0 Å². The topological polar surface area (TPSA) is 6.48 Å². The van der Waals surface area contributed by atoms with Crippen molar-refractivity contribution < 1.29 is 0 Å². The Labute approximate surface area is 88.9 Å². The minimum atomic E-state index is -0.733. The molecule has 3 heteroatoms. The Balaban J connectivity index is 2.63. The Bertz CT molecular complexity index is 188. The fourth-order valence-corrected chi connectivity index (χ4v) is 4.55. The van der Waals surface area contributed by atoms with Gasteiger partial charge in [-0.05, 0) is 0 Å². The Hall–Kier alpha value is -0.117. The van der Waals surface area contributed by atoms with Crippen LogP contribution >= 0.6 is 0 Å². The van der Waals surface area contributed by atoms with Gasteiger partial charge in [-0.15, -0.1) is 0 Å². The van der Waals surface area contributed by atoms with Gasteiger partial charge in [-0.2, -0.15) is 0 Å². The van der Waals surface area contributed by atoms with Crippen LogP contribution < -0.4 is 0 Å². The van der Waals surface area contributed by atoms with Gasteiger partial charge in [0.2, 0.25) is 0 Å². The molecule has 0 aromatic rings. The van der Waals surface area contributed by atoms with Crippen LogP contribution in [0.15, 0.2) is 12.4 Å². The first-order valence-corrected chi connectivity index (χ1v) is 7.58. The predicted molar refractivity (Wildman–Crippen MR) is 60.9 cm³/mol. The minimum absolute atomic E-state index is 0.316. The van der Waals surface area contributed by atoms with Gasteiger partial charge in [-0.1, -0.05) is 0 Å². The SMILES string of the molecule is CC(C)(C)[N]1C=C[N](C(C)(C)C)[GeH2]1. The second kappa shape index (κ2) is 3.23. The zero-order chi connectivity index (χ0) is 10.3. The van der Waals surface area contributed by atoms with Gasteiger partial charge in [0.15, 0.2) is 0 Å². The first-order valence-electron chi connectivity index (χ1n) is 4.93. The van der Waals surface area contributed by atoms with Gasteiger partial charge in [-0.25, -0.2) is 0 Å². The van der Waals surface area contributed by atoms with E-state index in [-0.39, 0.29) is 0 Å². The van der Waals surface area contributed by atoms with Crippen molar-refractivity contribution >= 4 is 15.9 Å². The van der Waals surface area contributed by atoms with Crippen LogP contribution in [-0.2, 0) is 0 Å². The Morgan fingerprint density at radius 3 is 1.23 bits per heavy atom. The van der Waals surface area contributed by atoms with Gasteiger partial charge in [0.25, 0.3) is 0 Å². The van der Waals surface area contributed by atoms with Gasteiger partial charge >= 0.3 is 88.6 Å². The standard InChI is InChI=1S/C10H22GeN2/c1-9(2,3)12-7-8-13(11-12)10(4,5)6/h7-8H,11H2,1-6H3. The van der Waals surface area contributed by atoms with E-state index in [1.165, 1.54) is 0 Å². The van der Waals surface area contributed by atoms with Gasteiger partial charge in [0.05, 0.1) is 0 Å². The second-order valence-corrected chi connectivity index (χ2v) is 9.17. The number of hydrogen-bond acceptors (Lipinski definition) is 2. The summed E-state index contributed by atoms with van der Waals surface area (Å²) < 4.78 is 5.09. The van der Waals surface area contributed by atoms with Gasteiger partial charge in [0, 0.05) is 0 Å². The molecule has 0 spiro atoms. The molecule has 0 fully saturated rings. The van der Waals surface area contributed by atoms with Crippen LogP contribution in [0.2, 0.25) is 0 Å². The monoisotopic (exact) mass is 244 g/mol. The summed E-state index contributed by atoms with van der Waals surface area (Å²) in [5.74, 6) is 0. The molecule has 0 aromatic carbocycles. The van der Waals surface area contributed by atoms with E-state index in [0.29, 0.717) is 11.1 Å². The molecule has 0 radical (unpaired) electrons. The van der Waals surface area contributed by atoms with Crippen LogP contribution in [0, 0.1) is 0 Å². The summed E-state index contributed by atoms with van der Waals surface area (Å²) >= 11 is -0.733. The first kappa shape index (κ1) is 11.0. The van der Waals surface area contributed by atoms with Gasteiger partial charge in [0.1, 0.15) is 0 Å².